The minimum atomic E-state index is -1.16. The Balaban J connectivity index is 2.23. The van der Waals surface area contributed by atoms with E-state index in [2.05, 4.69) is 0 Å². The summed E-state index contributed by atoms with van der Waals surface area (Å²) in [6.07, 6.45) is 1.03. The number of benzene rings is 3. The van der Waals surface area contributed by atoms with Gasteiger partial charge in [-0.05, 0) is 35.1 Å². The molecule has 0 saturated carbocycles. The molecule has 0 heterocycles. The Morgan fingerprint density at radius 1 is 0.538 bits per heavy atom. The maximum absolute atomic E-state index is 11.6. The van der Waals surface area contributed by atoms with E-state index in [1.807, 2.05) is 98.8 Å². The highest BCUT2D eigenvalue weighted by atomic mass is 16.3. The largest absolute Gasteiger partial charge is 0.380 e. The van der Waals surface area contributed by atoms with Crippen molar-refractivity contribution in [1.82, 2.24) is 0 Å². The molecule has 0 fully saturated rings. The molecule has 0 bridgehead atoms. The van der Waals surface area contributed by atoms with E-state index in [9.17, 15) is 10.2 Å². The average molecular weight is 346 g/mol. The van der Waals surface area contributed by atoms with E-state index in [-0.39, 0.29) is 0 Å². The van der Waals surface area contributed by atoms with Gasteiger partial charge in [0, 0.05) is 0 Å². The van der Waals surface area contributed by atoms with Crippen LogP contribution in [-0.4, -0.2) is 10.2 Å². The van der Waals surface area contributed by atoms with Crippen molar-refractivity contribution >= 4 is 0 Å². The lowest BCUT2D eigenvalue weighted by molar-refractivity contribution is 0.0511. The topological polar surface area (TPSA) is 40.5 Å². The molecule has 3 aromatic carbocycles. The van der Waals surface area contributed by atoms with E-state index >= 15 is 0 Å². The number of hydrogen-bond donors (Lipinski definition) is 2. The second kappa shape index (κ2) is 7.45. The zero-order valence-corrected chi connectivity index (χ0v) is 15.4. The molecule has 0 spiro atoms. The molecule has 2 heteroatoms. The van der Waals surface area contributed by atoms with Crippen LogP contribution in [0.15, 0.2) is 84.9 Å². The molecule has 0 aliphatic carbocycles. The summed E-state index contributed by atoms with van der Waals surface area (Å²) in [7, 11) is 0. The Labute approximate surface area is 155 Å². The van der Waals surface area contributed by atoms with Crippen LogP contribution in [0.2, 0.25) is 0 Å². The third kappa shape index (κ3) is 3.07. The van der Waals surface area contributed by atoms with Gasteiger partial charge in [0.2, 0.25) is 0 Å². The molecule has 2 atom stereocenters. The van der Waals surface area contributed by atoms with Crippen LogP contribution >= 0.6 is 0 Å². The van der Waals surface area contributed by atoms with E-state index in [4.69, 9.17) is 0 Å². The molecular weight excluding hydrogens is 320 g/mol. The van der Waals surface area contributed by atoms with Crippen LogP contribution in [0.25, 0.3) is 0 Å². The average Bonchev–Trinajstić information content (AvgIpc) is 2.74. The van der Waals surface area contributed by atoms with Gasteiger partial charge in [-0.1, -0.05) is 98.8 Å². The van der Waals surface area contributed by atoms with Crippen LogP contribution in [0, 0.1) is 0 Å². The minimum absolute atomic E-state index is 0.516. The molecule has 0 aliphatic heterocycles. The van der Waals surface area contributed by atoms with Crippen molar-refractivity contribution in [2.45, 2.75) is 37.9 Å². The second-order valence-electron chi connectivity index (χ2n) is 6.71. The van der Waals surface area contributed by atoms with Crippen molar-refractivity contribution in [2.75, 3.05) is 0 Å². The standard InChI is InChI=1S/C24H26O2/c1-3-23(25,19-13-7-5-8-14-19)21-17-11-12-18-22(21)24(26,4-2)20-15-9-6-10-16-20/h5-18,25-26H,3-4H2,1-2H3. The quantitative estimate of drug-likeness (QED) is 0.661. The minimum Gasteiger partial charge on any atom is -0.380 e. The highest BCUT2D eigenvalue weighted by Crippen LogP contribution is 2.42. The number of hydrogen-bond acceptors (Lipinski definition) is 2. The number of aliphatic hydroxyl groups is 2. The van der Waals surface area contributed by atoms with Crippen LogP contribution in [0.1, 0.15) is 48.9 Å². The van der Waals surface area contributed by atoms with Gasteiger partial charge in [-0.25, -0.2) is 0 Å². The normalized spacial score (nSPS) is 15.8. The van der Waals surface area contributed by atoms with Crippen molar-refractivity contribution in [3.05, 3.63) is 107 Å². The Bertz CT molecular complexity index is 772. The SMILES string of the molecule is CCC(O)(c1ccccc1)c1ccccc1C(O)(CC)c1ccccc1. The molecule has 3 rings (SSSR count). The Hall–Kier alpha value is -2.42. The van der Waals surface area contributed by atoms with Gasteiger partial charge in [0.15, 0.2) is 0 Å². The third-order valence-corrected chi connectivity index (χ3v) is 5.34. The Morgan fingerprint density at radius 3 is 1.15 bits per heavy atom. The van der Waals surface area contributed by atoms with E-state index in [0.717, 1.165) is 22.3 Å². The van der Waals surface area contributed by atoms with Gasteiger partial charge in [-0.2, -0.15) is 0 Å². The second-order valence-corrected chi connectivity index (χ2v) is 6.71. The zero-order chi connectivity index (χ0) is 18.6. The highest BCUT2D eigenvalue weighted by Gasteiger charge is 2.38. The van der Waals surface area contributed by atoms with Crippen molar-refractivity contribution in [3.8, 4) is 0 Å². The predicted molar refractivity (Wildman–Crippen MR) is 106 cm³/mol. The molecule has 2 N–H and O–H groups in total. The first kappa shape index (κ1) is 18.4. The lowest BCUT2D eigenvalue weighted by atomic mass is 9.74. The van der Waals surface area contributed by atoms with Crippen molar-refractivity contribution < 1.29 is 10.2 Å². The van der Waals surface area contributed by atoms with Gasteiger partial charge < -0.3 is 10.2 Å². The van der Waals surface area contributed by atoms with Crippen LogP contribution in [0.5, 0.6) is 0 Å². The van der Waals surface area contributed by atoms with Gasteiger partial charge in [-0.3, -0.25) is 0 Å². The summed E-state index contributed by atoms with van der Waals surface area (Å²) in [6, 6.07) is 27.1. The van der Waals surface area contributed by atoms with Crippen molar-refractivity contribution in [1.29, 1.82) is 0 Å². The zero-order valence-electron chi connectivity index (χ0n) is 15.4. The number of rotatable bonds is 6. The molecule has 3 aromatic rings. The molecule has 2 nitrogen and oxygen atoms in total. The molecule has 0 aliphatic rings. The summed E-state index contributed by atoms with van der Waals surface area (Å²) < 4.78 is 0. The summed E-state index contributed by atoms with van der Waals surface area (Å²) in [5.74, 6) is 0. The monoisotopic (exact) mass is 346 g/mol. The molecule has 0 amide bonds. The Kier molecular flexibility index (Phi) is 5.26. The molecular formula is C24H26O2. The van der Waals surface area contributed by atoms with Gasteiger partial charge in [0.05, 0.1) is 0 Å². The van der Waals surface area contributed by atoms with Crippen molar-refractivity contribution in [2.24, 2.45) is 0 Å². The fourth-order valence-electron chi connectivity index (χ4n) is 3.73. The van der Waals surface area contributed by atoms with Crippen LogP contribution < -0.4 is 0 Å². The van der Waals surface area contributed by atoms with Gasteiger partial charge >= 0.3 is 0 Å². The first-order valence-corrected chi connectivity index (χ1v) is 9.22. The van der Waals surface area contributed by atoms with E-state index < -0.39 is 11.2 Å². The van der Waals surface area contributed by atoms with Gasteiger partial charge in [0.1, 0.15) is 11.2 Å². The highest BCUT2D eigenvalue weighted by molar-refractivity contribution is 5.47. The smallest absolute Gasteiger partial charge is 0.115 e. The van der Waals surface area contributed by atoms with Crippen LogP contribution in [-0.2, 0) is 11.2 Å². The van der Waals surface area contributed by atoms with Crippen LogP contribution in [0.4, 0.5) is 0 Å². The lowest BCUT2D eigenvalue weighted by Gasteiger charge is -2.36. The molecule has 26 heavy (non-hydrogen) atoms. The summed E-state index contributed by atoms with van der Waals surface area (Å²) in [5, 5.41) is 23.3. The Morgan fingerprint density at radius 2 is 0.846 bits per heavy atom. The summed E-state index contributed by atoms with van der Waals surface area (Å²) in [5.41, 5.74) is 0.859. The lowest BCUT2D eigenvalue weighted by Crippen LogP contribution is -2.34. The van der Waals surface area contributed by atoms with Gasteiger partial charge in [0.25, 0.3) is 0 Å². The molecule has 0 aromatic heterocycles. The molecule has 2 unspecified atom stereocenters. The van der Waals surface area contributed by atoms with Gasteiger partial charge in [-0.15, -0.1) is 0 Å². The van der Waals surface area contributed by atoms with Crippen molar-refractivity contribution in [3.63, 3.8) is 0 Å². The molecule has 0 radical (unpaired) electrons. The molecule has 134 valence electrons. The van der Waals surface area contributed by atoms with E-state index in [1.165, 1.54) is 0 Å². The fourth-order valence-corrected chi connectivity index (χ4v) is 3.73. The first-order valence-electron chi connectivity index (χ1n) is 9.22. The third-order valence-electron chi connectivity index (χ3n) is 5.34. The predicted octanol–water partition coefficient (Wildman–Crippen LogP) is 4.98. The molecule has 0 saturated heterocycles. The summed E-state index contributed by atoms with van der Waals surface area (Å²) in [6.45, 7) is 3.94. The van der Waals surface area contributed by atoms with Crippen LogP contribution in [0.3, 0.4) is 0 Å². The van der Waals surface area contributed by atoms with E-state index in [0.29, 0.717) is 12.8 Å². The first-order chi connectivity index (χ1) is 12.6. The maximum atomic E-state index is 11.6. The summed E-state index contributed by atoms with van der Waals surface area (Å²) >= 11 is 0. The summed E-state index contributed by atoms with van der Waals surface area (Å²) in [4.78, 5) is 0. The maximum Gasteiger partial charge on any atom is 0.115 e. The van der Waals surface area contributed by atoms with E-state index in [1.54, 1.807) is 0 Å². The fraction of sp³-hybridized carbons (Fsp3) is 0.250.